The highest BCUT2D eigenvalue weighted by molar-refractivity contribution is 7.80. The number of benzene rings is 3. The molecule has 158 valence electrons. The predicted molar refractivity (Wildman–Crippen MR) is 127 cm³/mol. The Morgan fingerprint density at radius 3 is 2.43 bits per heavy atom. The molecule has 0 fully saturated rings. The van der Waals surface area contributed by atoms with Crippen LogP contribution in [0.3, 0.4) is 0 Å². The van der Waals surface area contributed by atoms with Gasteiger partial charge in [0.05, 0.1) is 12.8 Å². The number of nitrogens with zero attached hydrogens (tertiary/aromatic N) is 1. The molecule has 0 aromatic heterocycles. The molecule has 0 aliphatic rings. The Morgan fingerprint density at radius 1 is 1.00 bits per heavy atom. The minimum atomic E-state index is -0.705. The molecule has 2 N–H and O–H groups in total. The SMILES string of the molecule is COc1ccccc1NC(=S)N(CC(O)COc1cccc2ccccc12)C(C)C. The minimum Gasteiger partial charge on any atom is -0.495 e. The first-order valence-electron chi connectivity index (χ1n) is 9.99. The smallest absolute Gasteiger partial charge is 0.173 e. The molecule has 3 aromatic rings. The van der Waals surface area contributed by atoms with Crippen molar-refractivity contribution in [3.63, 3.8) is 0 Å². The number of hydrogen-bond acceptors (Lipinski definition) is 4. The second kappa shape index (κ2) is 10.3. The Labute approximate surface area is 183 Å². The molecular weight excluding hydrogens is 396 g/mol. The molecule has 3 rings (SSSR count). The Bertz CT molecular complexity index is 988. The first-order chi connectivity index (χ1) is 14.5. The van der Waals surface area contributed by atoms with Crippen LogP contribution in [-0.4, -0.2) is 47.5 Å². The van der Waals surface area contributed by atoms with Crippen LogP contribution in [0.5, 0.6) is 11.5 Å². The number of aliphatic hydroxyl groups excluding tert-OH is 1. The molecule has 0 aliphatic carbocycles. The van der Waals surface area contributed by atoms with E-state index < -0.39 is 6.10 Å². The van der Waals surface area contributed by atoms with Crippen LogP contribution in [-0.2, 0) is 0 Å². The van der Waals surface area contributed by atoms with Crippen molar-refractivity contribution in [2.75, 3.05) is 25.6 Å². The first-order valence-corrected chi connectivity index (χ1v) is 10.4. The number of hydrogen-bond donors (Lipinski definition) is 2. The molecule has 1 atom stereocenters. The zero-order valence-electron chi connectivity index (χ0n) is 17.5. The third-order valence-electron chi connectivity index (χ3n) is 4.82. The van der Waals surface area contributed by atoms with Gasteiger partial charge in [0.15, 0.2) is 5.11 Å². The Balaban J connectivity index is 1.63. The lowest BCUT2D eigenvalue weighted by Crippen LogP contribution is -2.45. The lowest BCUT2D eigenvalue weighted by Gasteiger charge is -2.31. The van der Waals surface area contributed by atoms with Gasteiger partial charge in [0.25, 0.3) is 0 Å². The van der Waals surface area contributed by atoms with Crippen LogP contribution in [0.15, 0.2) is 66.7 Å². The maximum atomic E-state index is 10.6. The van der Waals surface area contributed by atoms with Gasteiger partial charge < -0.3 is 24.8 Å². The summed E-state index contributed by atoms with van der Waals surface area (Å²) in [7, 11) is 1.62. The quantitative estimate of drug-likeness (QED) is 0.512. The van der Waals surface area contributed by atoms with E-state index in [1.165, 1.54) is 0 Å². The van der Waals surface area contributed by atoms with Gasteiger partial charge in [0.1, 0.15) is 24.2 Å². The Morgan fingerprint density at radius 2 is 1.67 bits per heavy atom. The Hall–Kier alpha value is -2.83. The van der Waals surface area contributed by atoms with E-state index in [-0.39, 0.29) is 12.6 Å². The van der Waals surface area contributed by atoms with Crippen LogP contribution in [0, 0.1) is 0 Å². The van der Waals surface area contributed by atoms with E-state index >= 15 is 0 Å². The van der Waals surface area contributed by atoms with Gasteiger partial charge in [-0.3, -0.25) is 0 Å². The van der Waals surface area contributed by atoms with Crippen molar-refractivity contribution in [1.82, 2.24) is 4.90 Å². The van der Waals surface area contributed by atoms with Gasteiger partial charge >= 0.3 is 0 Å². The molecule has 0 bridgehead atoms. The predicted octanol–water partition coefficient (Wildman–Crippen LogP) is 4.70. The van der Waals surface area contributed by atoms with Crippen LogP contribution in [0.4, 0.5) is 5.69 Å². The van der Waals surface area contributed by atoms with E-state index in [9.17, 15) is 5.11 Å². The molecule has 5 nitrogen and oxygen atoms in total. The highest BCUT2D eigenvalue weighted by Crippen LogP contribution is 2.26. The molecule has 30 heavy (non-hydrogen) atoms. The summed E-state index contributed by atoms with van der Waals surface area (Å²) in [5.74, 6) is 1.47. The number of fused-ring (bicyclic) bond motifs is 1. The average molecular weight is 425 g/mol. The molecule has 1 unspecified atom stereocenters. The number of ether oxygens (including phenoxy) is 2. The number of methoxy groups -OCH3 is 1. The molecule has 3 aromatic carbocycles. The minimum absolute atomic E-state index is 0.104. The topological polar surface area (TPSA) is 54.0 Å². The summed E-state index contributed by atoms with van der Waals surface area (Å²) in [6, 6.07) is 21.7. The second-order valence-electron chi connectivity index (χ2n) is 7.32. The molecular formula is C24H28N2O3S. The highest BCUT2D eigenvalue weighted by atomic mass is 32.1. The maximum Gasteiger partial charge on any atom is 0.173 e. The van der Waals surface area contributed by atoms with Gasteiger partial charge in [0.2, 0.25) is 0 Å². The van der Waals surface area contributed by atoms with Crippen molar-refractivity contribution in [2.24, 2.45) is 0 Å². The summed E-state index contributed by atoms with van der Waals surface area (Å²) < 4.78 is 11.3. The number of anilines is 1. The third kappa shape index (κ3) is 5.40. The third-order valence-corrected chi connectivity index (χ3v) is 5.16. The summed E-state index contributed by atoms with van der Waals surface area (Å²) in [5.41, 5.74) is 0.789. The monoisotopic (exact) mass is 424 g/mol. The van der Waals surface area contributed by atoms with Crippen LogP contribution in [0.25, 0.3) is 10.8 Å². The van der Waals surface area contributed by atoms with Crippen LogP contribution in [0.2, 0.25) is 0 Å². The van der Waals surface area contributed by atoms with E-state index in [0.29, 0.717) is 17.4 Å². The molecule has 0 saturated carbocycles. The van der Waals surface area contributed by atoms with Gasteiger partial charge in [-0.15, -0.1) is 0 Å². The number of para-hydroxylation sites is 2. The molecule has 0 aliphatic heterocycles. The molecule has 0 radical (unpaired) electrons. The number of aliphatic hydroxyl groups is 1. The fourth-order valence-electron chi connectivity index (χ4n) is 3.25. The Kier molecular flexibility index (Phi) is 7.49. The van der Waals surface area contributed by atoms with E-state index in [1.54, 1.807) is 7.11 Å². The zero-order chi connectivity index (χ0) is 21.5. The van der Waals surface area contributed by atoms with E-state index in [1.807, 2.05) is 85.5 Å². The second-order valence-corrected chi connectivity index (χ2v) is 7.71. The van der Waals surface area contributed by atoms with Crippen molar-refractivity contribution in [1.29, 1.82) is 0 Å². The molecule has 0 spiro atoms. The molecule has 0 heterocycles. The van der Waals surface area contributed by atoms with Crippen LogP contribution < -0.4 is 14.8 Å². The van der Waals surface area contributed by atoms with Gasteiger partial charge in [-0.2, -0.15) is 0 Å². The average Bonchev–Trinajstić information content (AvgIpc) is 2.76. The zero-order valence-corrected chi connectivity index (χ0v) is 18.4. The van der Waals surface area contributed by atoms with Crippen LogP contribution in [0.1, 0.15) is 13.8 Å². The van der Waals surface area contributed by atoms with E-state index in [4.69, 9.17) is 21.7 Å². The van der Waals surface area contributed by atoms with Crippen molar-refractivity contribution in [2.45, 2.75) is 26.0 Å². The van der Waals surface area contributed by atoms with Gasteiger partial charge in [-0.05, 0) is 49.7 Å². The van der Waals surface area contributed by atoms with E-state index in [2.05, 4.69) is 5.32 Å². The summed E-state index contributed by atoms with van der Waals surface area (Å²) in [4.78, 5) is 1.94. The standard InChI is InChI=1S/C24H28N2O3S/c1-17(2)26(24(30)25-21-12-6-7-13-23(21)28-3)15-19(27)16-29-22-14-8-10-18-9-4-5-11-20(18)22/h4-14,17,19,27H,15-16H2,1-3H3,(H,25,30). The van der Waals surface area contributed by atoms with E-state index in [0.717, 1.165) is 22.2 Å². The number of nitrogens with one attached hydrogen (secondary N) is 1. The largest absolute Gasteiger partial charge is 0.495 e. The lowest BCUT2D eigenvalue weighted by atomic mass is 10.1. The van der Waals surface area contributed by atoms with Crippen molar-refractivity contribution < 1.29 is 14.6 Å². The molecule has 6 heteroatoms. The highest BCUT2D eigenvalue weighted by Gasteiger charge is 2.19. The first kappa shape index (κ1) is 21.9. The van der Waals surface area contributed by atoms with Crippen molar-refractivity contribution >= 4 is 33.8 Å². The maximum absolute atomic E-state index is 10.6. The van der Waals surface area contributed by atoms with Gasteiger partial charge in [0, 0.05) is 18.0 Å². The van der Waals surface area contributed by atoms with Gasteiger partial charge in [-0.25, -0.2) is 0 Å². The molecule has 0 amide bonds. The fraction of sp³-hybridized carbons (Fsp3) is 0.292. The van der Waals surface area contributed by atoms with Gasteiger partial charge in [-0.1, -0.05) is 48.5 Å². The summed E-state index contributed by atoms with van der Waals surface area (Å²) in [6.07, 6.45) is -0.705. The summed E-state index contributed by atoms with van der Waals surface area (Å²) in [6.45, 7) is 4.60. The normalized spacial score (nSPS) is 11.9. The fourth-order valence-corrected chi connectivity index (χ4v) is 3.65. The van der Waals surface area contributed by atoms with Crippen molar-refractivity contribution in [3.8, 4) is 11.5 Å². The summed E-state index contributed by atoms with van der Waals surface area (Å²) >= 11 is 5.61. The number of rotatable bonds is 8. The van der Waals surface area contributed by atoms with Crippen molar-refractivity contribution in [3.05, 3.63) is 66.7 Å². The number of thiocarbonyl (C=S) groups is 1. The summed E-state index contributed by atoms with van der Waals surface area (Å²) in [5, 5.41) is 16.5. The molecule has 0 saturated heterocycles. The van der Waals surface area contributed by atoms with Crippen LogP contribution >= 0.6 is 12.2 Å². The lowest BCUT2D eigenvalue weighted by molar-refractivity contribution is 0.0820.